The highest BCUT2D eigenvalue weighted by Gasteiger charge is 2.14. The average Bonchev–Trinajstić information content (AvgIpc) is 2.30. The Morgan fingerprint density at radius 1 is 1.13 bits per heavy atom. The van der Waals surface area contributed by atoms with Crippen molar-refractivity contribution in [3.8, 4) is 0 Å². The SMILES string of the molecule is O=C1CCN(CNc2ccccc2)CC1. The molecule has 2 rings (SSSR count). The zero-order valence-electron chi connectivity index (χ0n) is 8.78. The molecule has 80 valence electrons. The molecule has 0 aromatic heterocycles. The number of Topliss-reactive ketones (excluding diaryl/α,β-unsaturated/α-hetero) is 1. The van der Waals surface area contributed by atoms with Crippen LogP contribution >= 0.6 is 0 Å². The quantitative estimate of drug-likeness (QED) is 0.813. The molecule has 0 spiro atoms. The molecule has 1 heterocycles. The minimum absolute atomic E-state index is 0.394. The number of hydrogen-bond donors (Lipinski definition) is 1. The summed E-state index contributed by atoms with van der Waals surface area (Å²) in [4.78, 5) is 13.3. The smallest absolute Gasteiger partial charge is 0.135 e. The van der Waals surface area contributed by atoms with Gasteiger partial charge in [-0.3, -0.25) is 9.69 Å². The van der Waals surface area contributed by atoms with Crippen molar-refractivity contribution in [1.82, 2.24) is 4.90 Å². The molecule has 0 unspecified atom stereocenters. The lowest BCUT2D eigenvalue weighted by Gasteiger charge is -2.26. The minimum atomic E-state index is 0.394. The minimum Gasteiger partial charge on any atom is -0.372 e. The van der Waals surface area contributed by atoms with Gasteiger partial charge < -0.3 is 5.32 Å². The molecule has 15 heavy (non-hydrogen) atoms. The Kier molecular flexibility index (Phi) is 3.35. The zero-order valence-corrected chi connectivity index (χ0v) is 8.78. The van der Waals surface area contributed by atoms with Crippen LogP contribution in [-0.2, 0) is 4.79 Å². The first-order valence-electron chi connectivity index (χ1n) is 5.37. The van der Waals surface area contributed by atoms with Crippen LogP contribution in [0.2, 0.25) is 0 Å². The van der Waals surface area contributed by atoms with E-state index in [0.717, 1.165) is 25.4 Å². The van der Waals surface area contributed by atoms with Gasteiger partial charge in [0.25, 0.3) is 0 Å². The van der Waals surface area contributed by atoms with E-state index in [1.54, 1.807) is 0 Å². The zero-order chi connectivity index (χ0) is 10.5. The number of para-hydroxylation sites is 1. The van der Waals surface area contributed by atoms with E-state index in [2.05, 4.69) is 22.3 Å². The summed E-state index contributed by atoms with van der Waals surface area (Å²) in [5.41, 5.74) is 1.13. The standard InChI is InChI=1S/C12H16N2O/c15-12-6-8-14(9-7-12)10-13-11-4-2-1-3-5-11/h1-5,13H,6-10H2. The molecular weight excluding hydrogens is 188 g/mol. The van der Waals surface area contributed by atoms with Crippen molar-refractivity contribution in [3.05, 3.63) is 30.3 Å². The maximum atomic E-state index is 11.0. The normalized spacial score (nSPS) is 17.7. The van der Waals surface area contributed by atoms with Gasteiger partial charge in [0.15, 0.2) is 0 Å². The highest BCUT2D eigenvalue weighted by molar-refractivity contribution is 5.79. The van der Waals surface area contributed by atoms with Crippen LogP contribution in [-0.4, -0.2) is 30.4 Å². The van der Waals surface area contributed by atoms with Gasteiger partial charge in [-0.15, -0.1) is 0 Å². The molecule has 0 radical (unpaired) electrons. The summed E-state index contributed by atoms with van der Waals surface area (Å²) in [6, 6.07) is 10.1. The highest BCUT2D eigenvalue weighted by atomic mass is 16.1. The largest absolute Gasteiger partial charge is 0.372 e. The fourth-order valence-corrected chi connectivity index (χ4v) is 1.72. The van der Waals surface area contributed by atoms with E-state index in [9.17, 15) is 4.79 Å². The number of carbonyl (C=O) groups excluding carboxylic acids is 1. The summed E-state index contributed by atoms with van der Waals surface area (Å²) < 4.78 is 0. The van der Waals surface area contributed by atoms with Crippen LogP contribution in [0.1, 0.15) is 12.8 Å². The van der Waals surface area contributed by atoms with Gasteiger partial charge in [-0.25, -0.2) is 0 Å². The summed E-state index contributed by atoms with van der Waals surface area (Å²) in [5.74, 6) is 0.394. The van der Waals surface area contributed by atoms with Crippen LogP contribution in [0.3, 0.4) is 0 Å². The van der Waals surface area contributed by atoms with Crippen LogP contribution in [0, 0.1) is 0 Å². The van der Waals surface area contributed by atoms with Crippen molar-refractivity contribution in [3.63, 3.8) is 0 Å². The Labute approximate surface area is 90.1 Å². The second-order valence-electron chi connectivity index (χ2n) is 3.86. The van der Waals surface area contributed by atoms with E-state index in [1.165, 1.54) is 0 Å². The predicted molar refractivity (Wildman–Crippen MR) is 60.7 cm³/mol. The van der Waals surface area contributed by atoms with E-state index in [0.29, 0.717) is 18.6 Å². The van der Waals surface area contributed by atoms with Crippen LogP contribution in [0.5, 0.6) is 0 Å². The molecular formula is C12H16N2O. The molecule has 3 heteroatoms. The summed E-state index contributed by atoms with van der Waals surface area (Å²) >= 11 is 0. The Morgan fingerprint density at radius 3 is 2.47 bits per heavy atom. The summed E-state index contributed by atoms with van der Waals surface area (Å²) in [5, 5.41) is 3.34. The number of rotatable bonds is 3. The fraction of sp³-hybridized carbons (Fsp3) is 0.417. The van der Waals surface area contributed by atoms with Crippen LogP contribution in [0.15, 0.2) is 30.3 Å². The van der Waals surface area contributed by atoms with Crippen molar-refractivity contribution >= 4 is 11.5 Å². The first kappa shape index (κ1) is 10.2. The molecule has 1 saturated heterocycles. The van der Waals surface area contributed by atoms with Gasteiger partial charge in [0, 0.05) is 31.6 Å². The van der Waals surface area contributed by atoms with Crippen molar-refractivity contribution in [2.45, 2.75) is 12.8 Å². The molecule has 1 aromatic carbocycles. The second-order valence-corrected chi connectivity index (χ2v) is 3.86. The Morgan fingerprint density at radius 2 is 1.80 bits per heavy atom. The van der Waals surface area contributed by atoms with E-state index in [-0.39, 0.29) is 0 Å². The number of likely N-dealkylation sites (tertiary alicyclic amines) is 1. The van der Waals surface area contributed by atoms with Gasteiger partial charge in [-0.2, -0.15) is 0 Å². The lowest BCUT2D eigenvalue weighted by Crippen LogP contribution is -2.37. The number of nitrogens with one attached hydrogen (secondary N) is 1. The van der Waals surface area contributed by atoms with E-state index in [4.69, 9.17) is 0 Å². The van der Waals surface area contributed by atoms with Crippen molar-refractivity contribution in [1.29, 1.82) is 0 Å². The van der Waals surface area contributed by atoms with Gasteiger partial charge >= 0.3 is 0 Å². The number of hydrogen-bond acceptors (Lipinski definition) is 3. The van der Waals surface area contributed by atoms with Gasteiger partial charge in [0.05, 0.1) is 6.67 Å². The monoisotopic (exact) mass is 204 g/mol. The van der Waals surface area contributed by atoms with Crippen molar-refractivity contribution in [2.24, 2.45) is 0 Å². The first-order valence-corrected chi connectivity index (χ1v) is 5.37. The Balaban J connectivity index is 1.77. The fourth-order valence-electron chi connectivity index (χ4n) is 1.72. The van der Waals surface area contributed by atoms with Gasteiger partial charge in [0.2, 0.25) is 0 Å². The number of piperidine rings is 1. The molecule has 0 aliphatic carbocycles. The Bertz CT molecular complexity index is 314. The van der Waals surface area contributed by atoms with Crippen LogP contribution in [0.25, 0.3) is 0 Å². The number of ketones is 1. The lowest BCUT2D eigenvalue weighted by molar-refractivity contribution is -0.121. The molecule has 0 bridgehead atoms. The van der Waals surface area contributed by atoms with Crippen LogP contribution < -0.4 is 5.32 Å². The molecule has 1 aromatic rings. The third kappa shape index (κ3) is 3.06. The number of carbonyl (C=O) groups is 1. The highest BCUT2D eigenvalue weighted by Crippen LogP contribution is 2.08. The maximum Gasteiger partial charge on any atom is 0.135 e. The average molecular weight is 204 g/mol. The first-order chi connectivity index (χ1) is 7.34. The number of nitrogens with zero attached hydrogens (tertiary/aromatic N) is 1. The molecule has 0 amide bonds. The van der Waals surface area contributed by atoms with Crippen LogP contribution in [0.4, 0.5) is 5.69 Å². The van der Waals surface area contributed by atoms with Crippen molar-refractivity contribution in [2.75, 3.05) is 25.1 Å². The molecule has 1 N–H and O–H groups in total. The molecule has 1 fully saturated rings. The second kappa shape index (κ2) is 4.94. The Hall–Kier alpha value is -1.35. The van der Waals surface area contributed by atoms with Crippen molar-refractivity contribution < 1.29 is 4.79 Å². The van der Waals surface area contributed by atoms with E-state index >= 15 is 0 Å². The number of anilines is 1. The lowest BCUT2D eigenvalue weighted by atomic mass is 10.1. The molecule has 1 aliphatic rings. The van der Waals surface area contributed by atoms with Gasteiger partial charge in [0.1, 0.15) is 5.78 Å². The third-order valence-corrected chi connectivity index (χ3v) is 2.69. The molecule has 0 atom stereocenters. The summed E-state index contributed by atoms with van der Waals surface area (Å²) in [6.45, 7) is 2.61. The molecule has 0 saturated carbocycles. The third-order valence-electron chi connectivity index (χ3n) is 2.69. The van der Waals surface area contributed by atoms with E-state index < -0.39 is 0 Å². The molecule has 1 aliphatic heterocycles. The summed E-state index contributed by atoms with van der Waals surface area (Å²) in [6.07, 6.45) is 1.41. The maximum absolute atomic E-state index is 11.0. The topological polar surface area (TPSA) is 32.3 Å². The predicted octanol–water partition coefficient (Wildman–Crippen LogP) is 1.72. The molecule has 3 nitrogen and oxygen atoms in total. The van der Waals surface area contributed by atoms with E-state index in [1.807, 2.05) is 18.2 Å². The van der Waals surface area contributed by atoms with Gasteiger partial charge in [-0.1, -0.05) is 18.2 Å². The van der Waals surface area contributed by atoms with Gasteiger partial charge in [-0.05, 0) is 12.1 Å². The number of benzene rings is 1. The summed E-state index contributed by atoms with van der Waals surface area (Å²) in [7, 11) is 0.